The number of pyridine rings is 1. The summed E-state index contributed by atoms with van der Waals surface area (Å²) in [6, 6.07) is 3.88. The Morgan fingerprint density at radius 2 is 2.13 bits per heavy atom. The molecule has 4 aromatic rings. The molecule has 6 heterocycles. The van der Waals surface area contributed by atoms with Gasteiger partial charge in [-0.2, -0.15) is 9.97 Å². The Bertz CT molecular complexity index is 2120. The van der Waals surface area contributed by atoms with Crippen LogP contribution < -0.4 is 15.0 Å². The number of terminal acetylenes is 1. The third-order valence-electron chi connectivity index (χ3n) is 10.2. The molecule has 2 N–H and O–H groups in total. The SMILES string of the molecule is [2H]C([2H])([2H])OC[C@@]12CC[C@@]([2H])(CN(c3nc(OC[C@@]45CCCN4C[C@H](F)C5)nc4c(F)c(-c5cc(O)cc6ccc(F)c(C#C)c56)ncc34)C1)N2. The van der Waals surface area contributed by atoms with E-state index in [0.717, 1.165) is 19.4 Å². The van der Waals surface area contributed by atoms with Crippen LogP contribution in [0.1, 0.15) is 43.2 Å². The normalized spacial score (nSPS) is 30.2. The molecular weight excluding hydrogens is 609 g/mol. The maximum Gasteiger partial charge on any atom is 0.319 e. The zero-order valence-electron chi connectivity index (χ0n) is 29.5. The number of alkyl halides is 1. The minimum Gasteiger partial charge on any atom is -0.508 e. The van der Waals surface area contributed by atoms with Crippen LogP contribution in [0.5, 0.6) is 11.8 Å². The number of piperazine rings is 1. The maximum absolute atomic E-state index is 17.0. The molecule has 47 heavy (non-hydrogen) atoms. The number of halogens is 3. The molecule has 4 saturated heterocycles. The highest BCUT2D eigenvalue weighted by molar-refractivity contribution is 6.03. The van der Waals surface area contributed by atoms with Crippen molar-refractivity contribution in [2.45, 2.75) is 55.4 Å². The number of ether oxygens (including phenoxy) is 2. The smallest absolute Gasteiger partial charge is 0.319 e. The van der Waals surface area contributed by atoms with E-state index >= 15 is 4.39 Å². The number of anilines is 1. The molecule has 4 fully saturated rings. The van der Waals surface area contributed by atoms with Crippen molar-refractivity contribution in [3.8, 4) is 35.4 Å². The van der Waals surface area contributed by atoms with Gasteiger partial charge in [0.25, 0.3) is 0 Å². The fourth-order valence-corrected chi connectivity index (χ4v) is 8.14. The Balaban J connectivity index is 1.27. The molecule has 2 bridgehead atoms. The molecular formula is C35H35F3N6O3. The van der Waals surface area contributed by atoms with E-state index in [1.165, 1.54) is 30.5 Å². The molecule has 0 unspecified atom stereocenters. The molecule has 0 spiro atoms. The highest BCUT2D eigenvalue weighted by atomic mass is 19.1. The Hall–Kier alpha value is -4.18. The second-order valence-corrected chi connectivity index (χ2v) is 13.2. The fourth-order valence-electron chi connectivity index (χ4n) is 8.14. The van der Waals surface area contributed by atoms with Crippen LogP contribution in [-0.4, -0.2) is 94.7 Å². The number of nitrogens with one attached hydrogen (secondary N) is 1. The number of aromatic hydroxyl groups is 1. The van der Waals surface area contributed by atoms with Crippen LogP contribution in [0.2, 0.25) is 0 Å². The minimum absolute atomic E-state index is 0.0472. The van der Waals surface area contributed by atoms with Crippen LogP contribution >= 0.6 is 0 Å². The molecule has 4 atom stereocenters. The molecule has 8 rings (SSSR count). The molecule has 4 aliphatic rings. The van der Waals surface area contributed by atoms with Gasteiger partial charge in [-0.25, -0.2) is 13.2 Å². The largest absolute Gasteiger partial charge is 0.508 e. The van der Waals surface area contributed by atoms with Gasteiger partial charge in [-0.3, -0.25) is 9.88 Å². The van der Waals surface area contributed by atoms with Crippen molar-refractivity contribution in [1.82, 2.24) is 25.2 Å². The maximum atomic E-state index is 17.0. The van der Waals surface area contributed by atoms with Crippen molar-refractivity contribution >= 4 is 27.5 Å². The highest BCUT2D eigenvalue weighted by Gasteiger charge is 2.50. The lowest BCUT2D eigenvalue weighted by molar-refractivity contribution is 0.107. The first-order chi connectivity index (χ1) is 24.2. The van der Waals surface area contributed by atoms with Crippen LogP contribution in [0.3, 0.4) is 0 Å². The van der Waals surface area contributed by atoms with Crippen LogP contribution in [0.15, 0.2) is 30.5 Å². The molecule has 4 aliphatic heterocycles. The molecule has 0 radical (unpaired) electrons. The lowest BCUT2D eigenvalue weighted by Gasteiger charge is -2.41. The second kappa shape index (κ2) is 11.2. The molecule has 9 nitrogen and oxygen atoms in total. The van der Waals surface area contributed by atoms with Gasteiger partial charge in [-0.15, -0.1) is 6.42 Å². The molecule has 2 aromatic carbocycles. The second-order valence-electron chi connectivity index (χ2n) is 13.2. The number of rotatable bonds is 7. The predicted molar refractivity (Wildman–Crippen MR) is 171 cm³/mol. The molecule has 244 valence electrons. The van der Waals surface area contributed by atoms with E-state index in [0.29, 0.717) is 31.2 Å². The quantitative estimate of drug-likeness (QED) is 0.276. The molecule has 0 saturated carbocycles. The van der Waals surface area contributed by atoms with Crippen LogP contribution in [0, 0.1) is 24.0 Å². The summed E-state index contributed by atoms with van der Waals surface area (Å²) in [6.45, 7) is 1.19. The minimum atomic E-state index is -2.65. The van der Waals surface area contributed by atoms with Gasteiger partial charge < -0.3 is 24.8 Å². The van der Waals surface area contributed by atoms with Gasteiger partial charge in [0.15, 0.2) is 5.82 Å². The molecule has 12 heteroatoms. The summed E-state index contributed by atoms with van der Waals surface area (Å²) in [5.41, 5.74) is -1.99. The summed E-state index contributed by atoms with van der Waals surface area (Å²) in [6.07, 6.45) is 8.80. The average molecular weight is 649 g/mol. The number of benzene rings is 2. The number of phenolic OH excluding ortho intramolecular Hbond substituents is 1. The third kappa shape index (κ3) is 4.94. The van der Waals surface area contributed by atoms with Gasteiger partial charge in [0.1, 0.15) is 41.4 Å². The zero-order chi connectivity index (χ0) is 35.9. The Kier molecular flexibility index (Phi) is 6.17. The van der Waals surface area contributed by atoms with Gasteiger partial charge in [-0.1, -0.05) is 12.0 Å². The standard InChI is InChI=1S/C35H35F3N6O3/c1-3-24-27(37)6-5-20-11-23(45)12-25(28(20)24)30-29(38)31-26(14-39-30)32(43-16-22-7-9-34(17-43,42-22)18-46-2)41-33(40-31)47-19-35-8-4-10-44(35)15-21(36)13-35/h1,5-6,11-12,14,21-22,42,45H,4,7-10,13,15-19H2,2H3/t21-,22+,34-,35+/m1/s1/i2D3,22D. The monoisotopic (exact) mass is 648 g/mol. The van der Waals surface area contributed by atoms with Crippen molar-refractivity contribution in [3.05, 3.63) is 47.7 Å². The summed E-state index contributed by atoms with van der Waals surface area (Å²) < 4.78 is 89.8. The van der Waals surface area contributed by atoms with Gasteiger partial charge >= 0.3 is 6.01 Å². The number of phenols is 1. The average Bonchev–Trinajstić information content (AvgIpc) is 3.68. The van der Waals surface area contributed by atoms with Gasteiger partial charge in [-0.05, 0) is 55.8 Å². The van der Waals surface area contributed by atoms with Crippen molar-refractivity contribution < 1.29 is 33.2 Å². The summed E-state index contributed by atoms with van der Waals surface area (Å²) in [7, 11) is -2.65. The predicted octanol–water partition coefficient (Wildman–Crippen LogP) is 4.72. The van der Waals surface area contributed by atoms with Crippen molar-refractivity contribution in [3.63, 3.8) is 0 Å². The van der Waals surface area contributed by atoms with Gasteiger partial charge in [0.2, 0.25) is 0 Å². The Morgan fingerprint density at radius 1 is 1.23 bits per heavy atom. The number of hydrogen-bond donors (Lipinski definition) is 2. The number of nitrogens with zero attached hydrogens (tertiary/aromatic N) is 5. The fraction of sp³-hybridized carbons (Fsp3) is 0.457. The first-order valence-corrected chi connectivity index (χ1v) is 15.7. The van der Waals surface area contributed by atoms with Gasteiger partial charge in [0.05, 0.1) is 32.7 Å². The number of hydrogen-bond acceptors (Lipinski definition) is 9. The number of aromatic nitrogens is 3. The van der Waals surface area contributed by atoms with Crippen LogP contribution in [-0.2, 0) is 4.74 Å². The van der Waals surface area contributed by atoms with Gasteiger partial charge in [0, 0.05) is 57.6 Å². The zero-order valence-corrected chi connectivity index (χ0v) is 25.5. The van der Waals surface area contributed by atoms with Crippen molar-refractivity contribution in [2.24, 2.45) is 0 Å². The topological polar surface area (TPSA) is 95.9 Å². The van der Waals surface area contributed by atoms with E-state index in [-0.39, 0.29) is 77.0 Å². The molecule has 2 aromatic heterocycles. The Morgan fingerprint density at radius 3 is 2.98 bits per heavy atom. The first kappa shape index (κ1) is 25.9. The molecule has 0 aliphatic carbocycles. The summed E-state index contributed by atoms with van der Waals surface area (Å²) in [4.78, 5) is 17.5. The van der Waals surface area contributed by atoms with Crippen molar-refractivity contribution in [2.75, 3.05) is 51.3 Å². The summed E-state index contributed by atoms with van der Waals surface area (Å²) in [5.74, 6) is 0.710. The lowest BCUT2D eigenvalue weighted by atomic mass is 9.95. The first-order valence-electron chi connectivity index (χ1n) is 17.7. The number of fused-ring (bicyclic) bond motifs is 5. The summed E-state index contributed by atoms with van der Waals surface area (Å²) in [5, 5.41) is 14.6. The van der Waals surface area contributed by atoms with E-state index in [9.17, 15) is 13.9 Å². The van der Waals surface area contributed by atoms with E-state index in [1.54, 1.807) is 4.90 Å². The number of methoxy groups -OCH3 is 1. The van der Waals surface area contributed by atoms with Crippen molar-refractivity contribution in [1.29, 1.82) is 0 Å². The van der Waals surface area contributed by atoms with E-state index in [4.69, 9.17) is 26.4 Å². The molecule has 0 amide bonds. The van der Waals surface area contributed by atoms with Crippen LogP contribution in [0.4, 0.5) is 19.0 Å². The highest BCUT2D eigenvalue weighted by Crippen LogP contribution is 2.42. The third-order valence-corrected chi connectivity index (χ3v) is 10.2. The van der Waals surface area contributed by atoms with E-state index < -0.39 is 41.9 Å². The van der Waals surface area contributed by atoms with E-state index in [1.807, 2.05) is 0 Å². The Labute approximate surface area is 275 Å². The van der Waals surface area contributed by atoms with E-state index in [2.05, 4.69) is 26.1 Å². The van der Waals surface area contributed by atoms with Crippen LogP contribution in [0.25, 0.3) is 32.9 Å². The lowest BCUT2D eigenvalue weighted by Crippen LogP contribution is -2.61. The summed E-state index contributed by atoms with van der Waals surface area (Å²) >= 11 is 0.